The number of pyridine rings is 1. The molecule has 1 fully saturated rings. The van der Waals surface area contributed by atoms with Gasteiger partial charge in [-0.1, -0.05) is 23.5 Å². The lowest BCUT2D eigenvalue weighted by molar-refractivity contribution is 0.0938. The van der Waals surface area contributed by atoms with Crippen LogP contribution >= 0.6 is 11.3 Å². The summed E-state index contributed by atoms with van der Waals surface area (Å²) in [6, 6.07) is 10.0. The van der Waals surface area contributed by atoms with E-state index in [0.717, 1.165) is 72.5 Å². The van der Waals surface area contributed by atoms with Crippen LogP contribution in [-0.2, 0) is 11.3 Å². The molecule has 0 aliphatic carbocycles. The summed E-state index contributed by atoms with van der Waals surface area (Å²) < 4.78 is 5.17. The van der Waals surface area contributed by atoms with E-state index in [1.165, 1.54) is 5.56 Å². The van der Waals surface area contributed by atoms with Crippen molar-refractivity contribution >= 4 is 27.4 Å². The zero-order chi connectivity index (χ0) is 18.6. The zero-order valence-corrected chi connectivity index (χ0v) is 16.4. The first-order chi connectivity index (χ1) is 13.2. The van der Waals surface area contributed by atoms with Crippen LogP contribution in [0.2, 0.25) is 0 Å². The minimum Gasteiger partial charge on any atom is -0.398 e. The third-order valence-corrected chi connectivity index (χ3v) is 5.99. The van der Waals surface area contributed by atoms with E-state index >= 15 is 0 Å². The summed E-state index contributed by atoms with van der Waals surface area (Å²) in [5, 5.41) is 0.930. The number of nitrogen functional groups attached to an aromatic ring is 1. The average molecular weight is 384 g/mol. The minimum absolute atomic E-state index is 0.753. The smallest absolute Gasteiger partial charge is 0.143 e. The number of fused-ring (bicyclic) bond motifs is 1. The van der Waals surface area contributed by atoms with Crippen LogP contribution in [0.15, 0.2) is 36.5 Å². The van der Waals surface area contributed by atoms with Gasteiger partial charge in [0.2, 0.25) is 0 Å². The Bertz CT molecular complexity index is 904. The van der Waals surface area contributed by atoms with Gasteiger partial charge in [0.25, 0.3) is 0 Å². The molecule has 0 atom stereocenters. The summed E-state index contributed by atoms with van der Waals surface area (Å²) in [6.07, 6.45) is 1.98. The minimum atomic E-state index is 0.753. The molecule has 0 radical (unpaired) electrons. The Morgan fingerprint density at radius 3 is 2.70 bits per heavy atom. The van der Waals surface area contributed by atoms with E-state index in [9.17, 15) is 0 Å². The van der Waals surface area contributed by atoms with Crippen LogP contribution in [0.5, 0.6) is 0 Å². The summed E-state index contributed by atoms with van der Waals surface area (Å²) in [6.45, 7) is 7.07. The Morgan fingerprint density at radius 1 is 1.15 bits per heavy atom. The number of nitrogens with two attached hydrogens (primary N) is 1. The second kappa shape index (κ2) is 8.31. The van der Waals surface area contributed by atoms with Crippen molar-refractivity contribution in [1.82, 2.24) is 19.8 Å². The highest BCUT2D eigenvalue weighted by Crippen LogP contribution is 2.32. The van der Waals surface area contributed by atoms with Crippen molar-refractivity contribution in [3.63, 3.8) is 0 Å². The van der Waals surface area contributed by atoms with Gasteiger partial charge < -0.3 is 10.5 Å². The van der Waals surface area contributed by atoms with E-state index in [0.29, 0.717) is 0 Å². The lowest BCUT2D eigenvalue weighted by Crippen LogP contribution is -2.46. The quantitative estimate of drug-likeness (QED) is 0.660. The molecule has 0 saturated carbocycles. The third kappa shape index (κ3) is 4.27. The number of benzene rings is 1. The molecular formula is C20H25N5OS. The topological polar surface area (TPSA) is 67.5 Å². The molecule has 27 heavy (non-hydrogen) atoms. The highest BCUT2D eigenvalue weighted by Gasteiger charge is 2.17. The second-order valence-electron chi connectivity index (χ2n) is 6.88. The van der Waals surface area contributed by atoms with Crippen molar-refractivity contribution in [3.05, 3.63) is 42.1 Å². The first kappa shape index (κ1) is 18.3. The van der Waals surface area contributed by atoms with Crippen molar-refractivity contribution < 1.29 is 4.74 Å². The molecule has 7 heteroatoms. The van der Waals surface area contributed by atoms with Gasteiger partial charge in [-0.25, -0.2) is 9.97 Å². The van der Waals surface area contributed by atoms with E-state index in [1.54, 1.807) is 18.4 Å². The third-order valence-electron chi connectivity index (χ3n) is 4.98. The molecule has 0 unspecified atom stereocenters. The largest absolute Gasteiger partial charge is 0.398 e. The van der Waals surface area contributed by atoms with E-state index < -0.39 is 0 Å². The Kier molecular flexibility index (Phi) is 5.63. The normalized spacial score (nSPS) is 16.2. The SMILES string of the molecule is COCCN1CCN(Cc2cnc3sc(-c4ccccc4N)nc3c2)CC1. The summed E-state index contributed by atoms with van der Waals surface area (Å²) >= 11 is 1.59. The van der Waals surface area contributed by atoms with Crippen LogP contribution in [0.4, 0.5) is 5.69 Å². The van der Waals surface area contributed by atoms with E-state index in [1.807, 2.05) is 30.5 Å². The number of anilines is 1. The number of hydrogen-bond donors (Lipinski definition) is 1. The molecule has 1 saturated heterocycles. The van der Waals surface area contributed by atoms with Crippen LogP contribution in [0.3, 0.4) is 0 Å². The average Bonchev–Trinajstić information content (AvgIpc) is 3.11. The summed E-state index contributed by atoms with van der Waals surface area (Å²) in [7, 11) is 1.76. The molecule has 1 aliphatic heterocycles. The number of nitrogens with zero attached hydrogens (tertiary/aromatic N) is 4. The van der Waals surface area contributed by atoms with Gasteiger partial charge in [0.15, 0.2) is 0 Å². The van der Waals surface area contributed by atoms with Crippen molar-refractivity contribution in [2.75, 3.05) is 52.2 Å². The Morgan fingerprint density at radius 2 is 1.93 bits per heavy atom. The maximum absolute atomic E-state index is 6.10. The lowest BCUT2D eigenvalue weighted by Gasteiger charge is -2.34. The van der Waals surface area contributed by atoms with Gasteiger partial charge in [-0.3, -0.25) is 9.80 Å². The monoisotopic (exact) mass is 383 g/mol. The fraction of sp³-hybridized carbons (Fsp3) is 0.400. The molecule has 2 aromatic heterocycles. The van der Waals surface area contributed by atoms with E-state index in [4.69, 9.17) is 15.5 Å². The highest BCUT2D eigenvalue weighted by atomic mass is 32.1. The molecule has 142 valence electrons. The van der Waals surface area contributed by atoms with Gasteiger partial charge >= 0.3 is 0 Å². The van der Waals surface area contributed by atoms with Crippen molar-refractivity contribution in [3.8, 4) is 10.6 Å². The Hall–Kier alpha value is -2.06. The van der Waals surface area contributed by atoms with E-state index in [2.05, 4.69) is 20.9 Å². The number of para-hydroxylation sites is 1. The zero-order valence-electron chi connectivity index (χ0n) is 15.6. The number of rotatable bonds is 6. The highest BCUT2D eigenvalue weighted by molar-refractivity contribution is 7.21. The fourth-order valence-corrected chi connectivity index (χ4v) is 4.35. The molecule has 6 nitrogen and oxygen atoms in total. The van der Waals surface area contributed by atoms with Gasteiger partial charge in [0.05, 0.1) is 6.61 Å². The number of hydrogen-bond acceptors (Lipinski definition) is 7. The molecule has 1 aliphatic rings. The Labute approximate surface area is 163 Å². The second-order valence-corrected chi connectivity index (χ2v) is 7.86. The molecular weight excluding hydrogens is 358 g/mol. The molecule has 3 aromatic rings. The van der Waals surface area contributed by atoms with Gasteiger partial charge in [-0.15, -0.1) is 0 Å². The van der Waals surface area contributed by atoms with E-state index in [-0.39, 0.29) is 0 Å². The lowest BCUT2D eigenvalue weighted by atomic mass is 10.2. The molecule has 0 spiro atoms. The standard InChI is InChI=1S/C20H25N5OS/c1-26-11-10-24-6-8-25(9-7-24)14-15-12-18-20(22-13-15)27-19(23-18)16-4-2-3-5-17(16)21/h2-5,12-13H,6-11,14,21H2,1H3. The van der Waals surface area contributed by atoms with Crippen molar-refractivity contribution in [1.29, 1.82) is 0 Å². The van der Waals surface area contributed by atoms with Gasteiger partial charge in [-0.05, 0) is 23.8 Å². The number of methoxy groups -OCH3 is 1. The maximum atomic E-state index is 6.10. The fourth-order valence-electron chi connectivity index (χ4n) is 3.41. The molecule has 1 aromatic carbocycles. The van der Waals surface area contributed by atoms with Crippen LogP contribution in [-0.4, -0.2) is 66.2 Å². The first-order valence-electron chi connectivity index (χ1n) is 9.27. The summed E-state index contributed by atoms with van der Waals surface area (Å²) in [5.74, 6) is 0. The van der Waals surface area contributed by atoms with Gasteiger partial charge in [0.1, 0.15) is 15.4 Å². The number of thiazole rings is 1. The molecule has 4 rings (SSSR count). The van der Waals surface area contributed by atoms with Crippen LogP contribution in [0.25, 0.3) is 20.9 Å². The molecule has 0 bridgehead atoms. The van der Waals surface area contributed by atoms with Crippen molar-refractivity contribution in [2.45, 2.75) is 6.54 Å². The maximum Gasteiger partial charge on any atom is 0.143 e. The van der Waals surface area contributed by atoms with Crippen LogP contribution in [0, 0.1) is 0 Å². The van der Waals surface area contributed by atoms with Crippen LogP contribution < -0.4 is 5.73 Å². The van der Waals surface area contributed by atoms with Gasteiger partial charge in [-0.2, -0.15) is 0 Å². The predicted octanol–water partition coefficient (Wildman–Crippen LogP) is 2.70. The van der Waals surface area contributed by atoms with Crippen LogP contribution in [0.1, 0.15) is 5.56 Å². The number of aromatic nitrogens is 2. The Balaban J connectivity index is 1.44. The summed E-state index contributed by atoms with van der Waals surface area (Å²) in [5.41, 5.74) is 10.00. The van der Waals surface area contributed by atoms with Gasteiger partial charge in [0, 0.05) is 63.8 Å². The summed E-state index contributed by atoms with van der Waals surface area (Å²) in [4.78, 5) is 15.3. The number of piperazine rings is 1. The first-order valence-corrected chi connectivity index (χ1v) is 10.1. The molecule has 3 heterocycles. The predicted molar refractivity (Wildman–Crippen MR) is 111 cm³/mol. The van der Waals surface area contributed by atoms with Crippen molar-refractivity contribution in [2.24, 2.45) is 0 Å². The molecule has 0 amide bonds. The molecule has 2 N–H and O–H groups in total. The number of ether oxygens (including phenoxy) is 1.